The summed E-state index contributed by atoms with van der Waals surface area (Å²) in [5, 5.41) is 12.5. The molecular weight excluding hydrogens is 488 g/mol. The van der Waals surface area contributed by atoms with Crippen LogP contribution in [0.4, 0.5) is 0 Å². The lowest BCUT2D eigenvalue weighted by Crippen LogP contribution is -2.48. The fourth-order valence-electron chi connectivity index (χ4n) is 5.30. The molecule has 0 bridgehead atoms. The third kappa shape index (κ3) is 9.97. The number of ether oxygens (including phenoxy) is 1. The summed E-state index contributed by atoms with van der Waals surface area (Å²) in [5.74, 6) is 0.510. The molecule has 1 saturated heterocycles. The van der Waals surface area contributed by atoms with Crippen molar-refractivity contribution < 1.29 is 24.2 Å². The van der Waals surface area contributed by atoms with Crippen LogP contribution in [0.1, 0.15) is 77.2 Å². The van der Waals surface area contributed by atoms with Gasteiger partial charge in [-0.05, 0) is 49.5 Å². The van der Waals surface area contributed by atoms with Crippen LogP contribution >= 0.6 is 11.8 Å². The molecule has 2 N–H and O–H groups in total. The van der Waals surface area contributed by atoms with Gasteiger partial charge in [-0.1, -0.05) is 63.4 Å². The van der Waals surface area contributed by atoms with Gasteiger partial charge >= 0.3 is 5.97 Å². The Balaban J connectivity index is 1.48. The Morgan fingerprint density at radius 2 is 1.81 bits per heavy atom. The molecule has 1 aliphatic carbocycles. The summed E-state index contributed by atoms with van der Waals surface area (Å²) >= 11 is 1.50. The van der Waals surface area contributed by atoms with Gasteiger partial charge in [0, 0.05) is 30.5 Å². The van der Waals surface area contributed by atoms with Gasteiger partial charge in [0.25, 0.3) is 0 Å². The van der Waals surface area contributed by atoms with Crippen molar-refractivity contribution in [2.75, 3.05) is 18.1 Å². The second kappa shape index (κ2) is 15.4. The van der Waals surface area contributed by atoms with E-state index in [-0.39, 0.29) is 29.5 Å². The van der Waals surface area contributed by atoms with E-state index in [1.807, 2.05) is 49.1 Å². The standard InChI is InChI=1S/C29H44N2O5S/c1-21(2)16-26(36-18-23-12-7-4-8-13-23)28(33)30-25(29(34)35)20-37-19-24-14-9-15-31(24)27(32)17-22-10-5-3-6-11-22/h4,7-8,12-13,21-22,24-26H,3,5-6,9-11,14-20H2,1-2H3,(H,30,33)(H,34,35)/t24-,25+,26-/m0/s1. The number of likely N-dealkylation sites (tertiary alicyclic amines) is 1. The molecule has 7 nitrogen and oxygen atoms in total. The van der Waals surface area contributed by atoms with E-state index < -0.39 is 18.1 Å². The quantitative estimate of drug-likeness (QED) is 0.355. The van der Waals surface area contributed by atoms with Gasteiger partial charge in [-0.15, -0.1) is 0 Å². The van der Waals surface area contributed by atoms with E-state index in [0.29, 0.717) is 31.1 Å². The van der Waals surface area contributed by atoms with E-state index in [1.54, 1.807) is 0 Å². The van der Waals surface area contributed by atoms with Crippen LogP contribution in [-0.2, 0) is 25.7 Å². The third-order valence-corrected chi connectivity index (χ3v) is 8.56. The lowest BCUT2D eigenvalue weighted by Gasteiger charge is -2.28. The third-order valence-electron chi connectivity index (χ3n) is 7.37. The van der Waals surface area contributed by atoms with E-state index in [9.17, 15) is 19.5 Å². The Bertz CT molecular complexity index is 859. The second-order valence-corrected chi connectivity index (χ2v) is 12.0. The molecule has 1 heterocycles. The van der Waals surface area contributed by atoms with Gasteiger partial charge in [-0.3, -0.25) is 9.59 Å². The molecular formula is C29H44N2O5S. The first-order chi connectivity index (χ1) is 17.8. The van der Waals surface area contributed by atoms with E-state index in [2.05, 4.69) is 5.32 Å². The Hall–Kier alpha value is -2.06. The maximum Gasteiger partial charge on any atom is 0.327 e. The van der Waals surface area contributed by atoms with Crippen LogP contribution in [0.5, 0.6) is 0 Å². The van der Waals surface area contributed by atoms with Gasteiger partial charge in [0.1, 0.15) is 12.1 Å². The number of aliphatic carboxylic acids is 1. The number of amides is 2. The van der Waals surface area contributed by atoms with Crippen LogP contribution in [0.3, 0.4) is 0 Å². The molecule has 2 fully saturated rings. The maximum atomic E-state index is 13.0. The smallest absolute Gasteiger partial charge is 0.327 e. The average molecular weight is 533 g/mol. The van der Waals surface area contributed by atoms with Crippen LogP contribution in [-0.4, -0.2) is 64.0 Å². The van der Waals surface area contributed by atoms with Gasteiger partial charge in [0.15, 0.2) is 0 Å². The predicted molar refractivity (Wildman–Crippen MR) is 147 cm³/mol. The molecule has 2 aliphatic rings. The van der Waals surface area contributed by atoms with Gasteiger partial charge in [-0.25, -0.2) is 4.79 Å². The van der Waals surface area contributed by atoms with Crippen LogP contribution in [0.2, 0.25) is 0 Å². The van der Waals surface area contributed by atoms with E-state index in [1.165, 1.54) is 31.0 Å². The van der Waals surface area contributed by atoms with E-state index >= 15 is 0 Å². The zero-order valence-corrected chi connectivity index (χ0v) is 23.2. The normalized spacial score (nSPS) is 20.1. The SMILES string of the molecule is CC(C)C[C@H](OCc1ccccc1)C(=O)N[C@H](CSC[C@@H]1CCCN1C(=O)CC1CCCCC1)C(=O)O. The molecule has 1 aromatic rings. The van der Waals surface area contributed by atoms with Crippen molar-refractivity contribution in [3.63, 3.8) is 0 Å². The molecule has 0 radical (unpaired) electrons. The second-order valence-electron chi connectivity index (χ2n) is 10.9. The molecule has 2 amide bonds. The topological polar surface area (TPSA) is 95.9 Å². The van der Waals surface area contributed by atoms with E-state index in [0.717, 1.165) is 37.8 Å². The molecule has 1 saturated carbocycles. The number of carboxylic acids is 1. The van der Waals surface area contributed by atoms with Crippen molar-refractivity contribution in [2.24, 2.45) is 11.8 Å². The largest absolute Gasteiger partial charge is 0.480 e. The van der Waals surface area contributed by atoms with Gasteiger partial charge < -0.3 is 20.1 Å². The number of carboxylic acid groups (broad SMARTS) is 1. The molecule has 3 atom stereocenters. The molecule has 1 aliphatic heterocycles. The van der Waals surface area contributed by atoms with Gasteiger partial charge in [0.05, 0.1) is 6.61 Å². The zero-order valence-electron chi connectivity index (χ0n) is 22.4. The first-order valence-electron chi connectivity index (χ1n) is 13.9. The van der Waals surface area contributed by atoms with Crippen LogP contribution in [0.25, 0.3) is 0 Å². The summed E-state index contributed by atoms with van der Waals surface area (Å²) < 4.78 is 5.91. The number of hydrogen-bond acceptors (Lipinski definition) is 5. The predicted octanol–water partition coefficient (Wildman–Crippen LogP) is 4.88. The molecule has 0 aromatic heterocycles. The minimum atomic E-state index is -1.05. The minimum Gasteiger partial charge on any atom is -0.480 e. The Labute approximate surface area is 226 Å². The summed E-state index contributed by atoms with van der Waals surface area (Å²) in [6.07, 6.45) is 8.46. The summed E-state index contributed by atoms with van der Waals surface area (Å²) in [7, 11) is 0. The van der Waals surface area contributed by atoms with Crippen molar-refractivity contribution in [3.8, 4) is 0 Å². The number of carbonyl (C=O) groups is 3. The Morgan fingerprint density at radius 3 is 2.49 bits per heavy atom. The minimum absolute atomic E-state index is 0.147. The number of carbonyl (C=O) groups excluding carboxylic acids is 2. The number of nitrogens with zero attached hydrogens (tertiary/aromatic N) is 1. The molecule has 0 spiro atoms. The van der Waals surface area contributed by atoms with Crippen molar-refractivity contribution in [2.45, 2.75) is 96.4 Å². The molecule has 3 rings (SSSR count). The highest BCUT2D eigenvalue weighted by Gasteiger charge is 2.31. The van der Waals surface area contributed by atoms with Crippen molar-refractivity contribution in [1.29, 1.82) is 0 Å². The van der Waals surface area contributed by atoms with Gasteiger partial charge in [0.2, 0.25) is 11.8 Å². The molecule has 37 heavy (non-hydrogen) atoms. The molecule has 0 unspecified atom stereocenters. The summed E-state index contributed by atoms with van der Waals surface area (Å²) in [6.45, 7) is 5.12. The average Bonchev–Trinajstić information content (AvgIpc) is 3.35. The molecule has 1 aromatic carbocycles. The van der Waals surface area contributed by atoms with Crippen molar-refractivity contribution >= 4 is 29.5 Å². The number of benzene rings is 1. The highest BCUT2D eigenvalue weighted by molar-refractivity contribution is 7.99. The first kappa shape index (κ1) is 29.5. The van der Waals surface area contributed by atoms with E-state index in [4.69, 9.17) is 4.74 Å². The number of rotatable bonds is 14. The highest BCUT2D eigenvalue weighted by atomic mass is 32.2. The zero-order chi connectivity index (χ0) is 26.6. The number of thioether (sulfide) groups is 1. The number of hydrogen-bond donors (Lipinski definition) is 2. The van der Waals surface area contributed by atoms with Crippen molar-refractivity contribution in [1.82, 2.24) is 10.2 Å². The molecule has 206 valence electrons. The Morgan fingerprint density at radius 1 is 1.08 bits per heavy atom. The Kier molecular flexibility index (Phi) is 12.3. The lowest BCUT2D eigenvalue weighted by molar-refractivity contribution is -0.144. The fourth-order valence-corrected chi connectivity index (χ4v) is 6.52. The van der Waals surface area contributed by atoms with Crippen molar-refractivity contribution in [3.05, 3.63) is 35.9 Å². The summed E-state index contributed by atoms with van der Waals surface area (Å²) in [5.41, 5.74) is 0.966. The fraction of sp³-hybridized carbons (Fsp3) is 0.690. The van der Waals surface area contributed by atoms with Crippen LogP contribution in [0, 0.1) is 11.8 Å². The maximum absolute atomic E-state index is 13.0. The highest BCUT2D eigenvalue weighted by Crippen LogP contribution is 2.29. The summed E-state index contributed by atoms with van der Waals surface area (Å²) in [4.78, 5) is 39.9. The van der Waals surface area contributed by atoms with Crippen LogP contribution < -0.4 is 5.32 Å². The first-order valence-corrected chi connectivity index (χ1v) is 15.0. The molecule has 8 heteroatoms. The number of nitrogens with one attached hydrogen (secondary N) is 1. The summed E-state index contributed by atoms with van der Waals surface area (Å²) in [6, 6.07) is 8.79. The van der Waals surface area contributed by atoms with Gasteiger partial charge in [-0.2, -0.15) is 11.8 Å². The monoisotopic (exact) mass is 532 g/mol. The van der Waals surface area contributed by atoms with Crippen LogP contribution in [0.15, 0.2) is 30.3 Å². The lowest BCUT2D eigenvalue weighted by atomic mass is 9.86.